The summed E-state index contributed by atoms with van der Waals surface area (Å²) in [5.41, 5.74) is 5.14. The summed E-state index contributed by atoms with van der Waals surface area (Å²) in [5.74, 6) is 5.75. The molecule has 2 rings (SSSR count). The van der Waals surface area contributed by atoms with Crippen molar-refractivity contribution in [1.29, 1.82) is 0 Å². The number of nitrogens with zero attached hydrogens (tertiary/aromatic N) is 1. The van der Waals surface area contributed by atoms with E-state index in [2.05, 4.69) is 36.4 Å². The Hall–Kier alpha value is -1.71. The van der Waals surface area contributed by atoms with Crippen LogP contribution in [0, 0.1) is 0 Å². The maximum Gasteiger partial charge on any atom is 0.0566 e. The molecule has 18 heavy (non-hydrogen) atoms. The largest absolute Gasteiger partial charge is 0.271 e. The van der Waals surface area contributed by atoms with Crippen LogP contribution in [0.15, 0.2) is 54.9 Å². The van der Waals surface area contributed by atoms with Crippen LogP contribution in [-0.2, 0) is 5.41 Å². The summed E-state index contributed by atoms with van der Waals surface area (Å²) in [6, 6.07) is 14.4. The van der Waals surface area contributed by atoms with E-state index in [1.807, 2.05) is 36.5 Å². The summed E-state index contributed by atoms with van der Waals surface area (Å²) in [7, 11) is 0. The Bertz CT molecular complexity index is 480. The molecule has 3 heteroatoms. The van der Waals surface area contributed by atoms with Crippen LogP contribution < -0.4 is 11.3 Å². The lowest BCUT2D eigenvalue weighted by atomic mass is 9.75. The Kier molecular flexibility index (Phi) is 3.75. The van der Waals surface area contributed by atoms with Crippen molar-refractivity contribution in [3.63, 3.8) is 0 Å². The minimum Gasteiger partial charge on any atom is -0.271 e. The number of hydrazine groups is 1. The zero-order valence-electron chi connectivity index (χ0n) is 10.8. The van der Waals surface area contributed by atoms with Gasteiger partial charge in [-0.05, 0) is 17.2 Å². The standard InChI is InChI=1S/C15H19N3/c1-15(2,13-8-4-3-5-9-13)14(18-16)12-7-6-10-17-11-12/h3-11,14,18H,16H2,1-2H3. The molecule has 0 aliphatic heterocycles. The number of pyridine rings is 1. The van der Waals surface area contributed by atoms with Crippen LogP contribution in [0.4, 0.5) is 0 Å². The third-order valence-electron chi connectivity index (χ3n) is 3.42. The molecule has 0 spiro atoms. The normalized spacial score (nSPS) is 13.3. The van der Waals surface area contributed by atoms with E-state index in [0.717, 1.165) is 5.56 Å². The van der Waals surface area contributed by atoms with E-state index in [4.69, 9.17) is 5.84 Å². The highest BCUT2D eigenvalue weighted by Crippen LogP contribution is 2.35. The zero-order chi connectivity index (χ0) is 13.0. The quantitative estimate of drug-likeness (QED) is 0.639. The molecule has 1 unspecified atom stereocenters. The first kappa shape index (κ1) is 12.7. The molecule has 3 nitrogen and oxygen atoms in total. The second kappa shape index (κ2) is 5.29. The summed E-state index contributed by atoms with van der Waals surface area (Å²) in [6.07, 6.45) is 3.63. The molecule has 1 atom stereocenters. The monoisotopic (exact) mass is 241 g/mol. The highest BCUT2D eigenvalue weighted by molar-refractivity contribution is 5.30. The summed E-state index contributed by atoms with van der Waals surface area (Å²) < 4.78 is 0. The fourth-order valence-electron chi connectivity index (χ4n) is 2.30. The number of hydrogen-bond acceptors (Lipinski definition) is 3. The Morgan fingerprint density at radius 3 is 2.39 bits per heavy atom. The first-order valence-corrected chi connectivity index (χ1v) is 6.08. The van der Waals surface area contributed by atoms with Crippen LogP contribution in [0.3, 0.4) is 0 Å². The van der Waals surface area contributed by atoms with Crippen molar-refractivity contribution in [2.75, 3.05) is 0 Å². The van der Waals surface area contributed by atoms with Gasteiger partial charge in [0.15, 0.2) is 0 Å². The van der Waals surface area contributed by atoms with Gasteiger partial charge in [-0.15, -0.1) is 0 Å². The maximum atomic E-state index is 5.75. The molecule has 0 saturated carbocycles. The van der Waals surface area contributed by atoms with Gasteiger partial charge < -0.3 is 0 Å². The lowest BCUT2D eigenvalue weighted by molar-refractivity contribution is 0.352. The molecule has 0 amide bonds. The second-order valence-electron chi connectivity index (χ2n) is 4.97. The molecule has 0 radical (unpaired) electrons. The van der Waals surface area contributed by atoms with Gasteiger partial charge in [0.25, 0.3) is 0 Å². The van der Waals surface area contributed by atoms with Crippen molar-refractivity contribution in [2.45, 2.75) is 25.3 Å². The third kappa shape index (κ3) is 2.42. The van der Waals surface area contributed by atoms with Crippen LogP contribution >= 0.6 is 0 Å². The molecule has 0 aliphatic rings. The van der Waals surface area contributed by atoms with Crippen molar-refractivity contribution in [1.82, 2.24) is 10.4 Å². The molecule has 3 N–H and O–H groups in total. The van der Waals surface area contributed by atoms with Crippen LogP contribution in [0.2, 0.25) is 0 Å². The first-order valence-electron chi connectivity index (χ1n) is 6.08. The SMILES string of the molecule is CC(C)(c1ccccc1)C(NN)c1cccnc1. The van der Waals surface area contributed by atoms with Gasteiger partial charge in [0.05, 0.1) is 6.04 Å². The van der Waals surface area contributed by atoms with E-state index in [0.29, 0.717) is 0 Å². The van der Waals surface area contributed by atoms with E-state index in [-0.39, 0.29) is 11.5 Å². The zero-order valence-corrected chi connectivity index (χ0v) is 10.8. The van der Waals surface area contributed by atoms with Crippen molar-refractivity contribution in [3.8, 4) is 0 Å². The third-order valence-corrected chi connectivity index (χ3v) is 3.42. The number of nitrogens with one attached hydrogen (secondary N) is 1. The molecule has 0 aliphatic carbocycles. The van der Waals surface area contributed by atoms with Crippen molar-refractivity contribution >= 4 is 0 Å². The first-order chi connectivity index (χ1) is 8.66. The Balaban J connectivity index is 2.38. The van der Waals surface area contributed by atoms with Crippen LogP contribution in [0.5, 0.6) is 0 Å². The molecule has 0 saturated heterocycles. The van der Waals surface area contributed by atoms with E-state index in [1.165, 1.54) is 5.56 Å². The fourth-order valence-corrected chi connectivity index (χ4v) is 2.30. The van der Waals surface area contributed by atoms with E-state index >= 15 is 0 Å². The summed E-state index contributed by atoms with van der Waals surface area (Å²) >= 11 is 0. The molecule has 0 bridgehead atoms. The topological polar surface area (TPSA) is 50.9 Å². The molecule has 0 fully saturated rings. The van der Waals surface area contributed by atoms with Gasteiger partial charge in [-0.3, -0.25) is 16.3 Å². The molecule has 1 aromatic heterocycles. The summed E-state index contributed by atoms with van der Waals surface area (Å²) in [6.45, 7) is 4.36. The average Bonchev–Trinajstić information content (AvgIpc) is 2.41. The molecule has 1 heterocycles. The van der Waals surface area contributed by atoms with Gasteiger partial charge in [-0.1, -0.05) is 50.2 Å². The minimum atomic E-state index is -0.112. The lowest BCUT2D eigenvalue weighted by Gasteiger charge is -2.34. The van der Waals surface area contributed by atoms with E-state index in [9.17, 15) is 0 Å². The van der Waals surface area contributed by atoms with E-state index in [1.54, 1.807) is 6.20 Å². The average molecular weight is 241 g/mol. The Labute approximate surface area is 108 Å². The van der Waals surface area contributed by atoms with Crippen molar-refractivity contribution in [2.24, 2.45) is 5.84 Å². The van der Waals surface area contributed by atoms with Crippen molar-refractivity contribution < 1.29 is 0 Å². The Morgan fingerprint density at radius 1 is 1.11 bits per heavy atom. The Morgan fingerprint density at radius 2 is 1.83 bits per heavy atom. The predicted molar refractivity (Wildman–Crippen MR) is 73.8 cm³/mol. The number of benzene rings is 1. The van der Waals surface area contributed by atoms with Crippen LogP contribution in [0.1, 0.15) is 31.0 Å². The van der Waals surface area contributed by atoms with Crippen molar-refractivity contribution in [3.05, 3.63) is 66.0 Å². The van der Waals surface area contributed by atoms with Crippen LogP contribution in [-0.4, -0.2) is 4.98 Å². The summed E-state index contributed by atoms with van der Waals surface area (Å²) in [5, 5.41) is 0. The van der Waals surface area contributed by atoms with Gasteiger partial charge >= 0.3 is 0 Å². The number of nitrogens with two attached hydrogens (primary N) is 1. The number of aromatic nitrogens is 1. The summed E-state index contributed by atoms with van der Waals surface area (Å²) in [4.78, 5) is 4.17. The smallest absolute Gasteiger partial charge is 0.0566 e. The number of hydrogen-bond donors (Lipinski definition) is 2. The van der Waals surface area contributed by atoms with Gasteiger partial charge in [-0.2, -0.15) is 0 Å². The molecular weight excluding hydrogens is 222 g/mol. The van der Waals surface area contributed by atoms with Gasteiger partial charge in [0, 0.05) is 17.8 Å². The molecule has 94 valence electrons. The van der Waals surface area contributed by atoms with Gasteiger partial charge in [0.2, 0.25) is 0 Å². The lowest BCUT2D eigenvalue weighted by Crippen LogP contribution is -2.41. The minimum absolute atomic E-state index is 0.0219. The highest BCUT2D eigenvalue weighted by atomic mass is 15.2. The highest BCUT2D eigenvalue weighted by Gasteiger charge is 2.31. The number of rotatable bonds is 4. The molecule has 2 aromatic rings. The second-order valence-corrected chi connectivity index (χ2v) is 4.97. The van der Waals surface area contributed by atoms with Gasteiger partial charge in [0.1, 0.15) is 0 Å². The van der Waals surface area contributed by atoms with E-state index < -0.39 is 0 Å². The fraction of sp³-hybridized carbons (Fsp3) is 0.267. The molecule has 1 aromatic carbocycles. The van der Waals surface area contributed by atoms with Gasteiger partial charge in [-0.25, -0.2) is 0 Å². The maximum absolute atomic E-state index is 5.75. The van der Waals surface area contributed by atoms with Crippen LogP contribution in [0.25, 0.3) is 0 Å². The predicted octanol–water partition coefficient (Wildman–Crippen LogP) is 2.56. The molecular formula is C15H19N3.